The molecular weight excluding hydrogens is 512 g/mol. The van der Waals surface area contributed by atoms with Crippen LogP contribution in [0.5, 0.6) is 0 Å². The van der Waals surface area contributed by atoms with Gasteiger partial charge in [-0.25, -0.2) is 0 Å². The van der Waals surface area contributed by atoms with Gasteiger partial charge in [0, 0.05) is 16.9 Å². The highest BCUT2D eigenvalue weighted by molar-refractivity contribution is 7.99. The molecule has 0 aliphatic heterocycles. The predicted octanol–water partition coefficient (Wildman–Crippen LogP) is 5.96. The second-order valence-corrected chi connectivity index (χ2v) is 11.4. The first kappa shape index (κ1) is 27.3. The second kappa shape index (κ2) is 11.8. The summed E-state index contributed by atoms with van der Waals surface area (Å²) in [5.41, 5.74) is 11.7. The van der Waals surface area contributed by atoms with E-state index in [1.54, 1.807) is 0 Å². The Balaban J connectivity index is 1.46. The third kappa shape index (κ3) is 6.99. The Bertz CT molecular complexity index is 1410. The number of carbonyl (C=O) groups excluding carboxylic acids is 1. The van der Waals surface area contributed by atoms with Gasteiger partial charge in [0.1, 0.15) is 0 Å². The highest BCUT2D eigenvalue weighted by Crippen LogP contribution is 2.30. The molecule has 3 aromatic carbocycles. The van der Waals surface area contributed by atoms with Gasteiger partial charge >= 0.3 is 0 Å². The third-order valence-electron chi connectivity index (χ3n) is 5.89. The number of amides is 1. The molecule has 0 fully saturated rings. The number of benzene rings is 3. The number of thioether (sulfide) groups is 1. The van der Waals surface area contributed by atoms with Gasteiger partial charge in [-0.15, -0.1) is 10.2 Å². The maximum atomic E-state index is 12.6. The van der Waals surface area contributed by atoms with Gasteiger partial charge in [0.25, 0.3) is 0 Å². The number of nitrogens with one attached hydrogen (secondary N) is 3. The molecule has 0 atom stereocenters. The number of nitrogens with zero attached hydrogens (tertiary/aromatic N) is 3. The Kier molecular flexibility index (Phi) is 8.48. The van der Waals surface area contributed by atoms with E-state index in [4.69, 9.17) is 12.2 Å². The van der Waals surface area contributed by atoms with Crippen LogP contribution < -0.4 is 16.2 Å². The molecule has 9 heteroatoms. The summed E-state index contributed by atoms with van der Waals surface area (Å²) in [7, 11) is 0. The summed E-state index contributed by atoms with van der Waals surface area (Å²) in [5, 5.41) is 12.9. The van der Waals surface area contributed by atoms with E-state index in [0.717, 1.165) is 33.9 Å². The van der Waals surface area contributed by atoms with Gasteiger partial charge in [0.2, 0.25) is 5.91 Å². The number of hydrazine groups is 1. The number of aryl methyl sites for hydroxylation is 2. The monoisotopic (exact) mass is 544 g/mol. The standard InChI is InChI=1S/C29H32N6OS2/c1-19-6-14-23(15-7-19)30-27(37)33-31-25(36)18-38-28-34-32-26(35(28)24-16-8-20(2)9-17-24)21-10-12-22(13-11-21)29(3,4)5/h6-17H,18H2,1-5H3,(H,31,36)(H2,30,33,37). The molecule has 0 bridgehead atoms. The summed E-state index contributed by atoms with van der Waals surface area (Å²) < 4.78 is 1.99. The lowest BCUT2D eigenvalue weighted by Gasteiger charge is -2.19. The Morgan fingerprint density at radius 1 is 0.868 bits per heavy atom. The number of carbonyl (C=O) groups is 1. The van der Waals surface area contributed by atoms with Crippen molar-refractivity contribution < 1.29 is 4.79 Å². The number of thiocarbonyl (C=S) groups is 1. The summed E-state index contributed by atoms with van der Waals surface area (Å²) in [4.78, 5) is 12.6. The largest absolute Gasteiger partial charge is 0.331 e. The van der Waals surface area contributed by atoms with Gasteiger partial charge in [0.15, 0.2) is 16.1 Å². The average Bonchev–Trinajstić information content (AvgIpc) is 3.31. The quantitative estimate of drug-likeness (QED) is 0.157. The van der Waals surface area contributed by atoms with Crippen molar-refractivity contribution in [3.63, 3.8) is 0 Å². The van der Waals surface area contributed by atoms with Crippen LogP contribution in [0, 0.1) is 13.8 Å². The first-order valence-electron chi connectivity index (χ1n) is 12.3. The number of hydrogen-bond donors (Lipinski definition) is 3. The zero-order chi connectivity index (χ0) is 27.3. The van der Waals surface area contributed by atoms with Crippen molar-refractivity contribution in [2.45, 2.75) is 45.2 Å². The zero-order valence-electron chi connectivity index (χ0n) is 22.2. The van der Waals surface area contributed by atoms with Crippen molar-refractivity contribution in [1.29, 1.82) is 0 Å². The second-order valence-electron chi connectivity index (χ2n) is 10.1. The van der Waals surface area contributed by atoms with Crippen LogP contribution in [0.2, 0.25) is 0 Å². The van der Waals surface area contributed by atoms with Crippen LogP contribution in [-0.4, -0.2) is 31.5 Å². The van der Waals surface area contributed by atoms with Crippen molar-refractivity contribution in [3.8, 4) is 17.1 Å². The van der Waals surface area contributed by atoms with Crippen molar-refractivity contribution in [1.82, 2.24) is 25.6 Å². The van der Waals surface area contributed by atoms with Gasteiger partial charge < -0.3 is 5.32 Å². The zero-order valence-corrected chi connectivity index (χ0v) is 23.8. The summed E-state index contributed by atoms with van der Waals surface area (Å²) >= 11 is 6.59. The summed E-state index contributed by atoms with van der Waals surface area (Å²) in [6.45, 7) is 10.6. The van der Waals surface area contributed by atoms with Crippen molar-refractivity contribution in [2.75, 3.05) is 11.1 Å². The van der Waals surface area contributed by atoms with E-state index in [2.05, 4.69) is 83.5 Å². The molecule has 4 aromatic rings. The normalized spacial score (nSPS) is 11.2. The van der Waals surface area contributed by atoms with Crippen LogP contribution in [0.4, 0.5) is 5.69 Å². The topological polar surface area (TPSA) is 83.9 Å². The fourth-order valence-corrected chi connectivity index (χ4v) is 4.61. The minimum Gasteiger partial charge on any atom is -0.331 e. The highest BCUT2D eigenvalue weighted by atomic mass is 32.2. The maximum Gasteiger partial charge on any atom is 0.248 e. The molecular formula is C29H32N6OS2. The molecule has 4 rings (SSSR count). The molecule has 0 aliphatic carbocycles. The van der Waals surface area contributed by atoms with E-state index in [0.29, 0.717) is 10.3 Å². The third-order valence-corrected chi connectivity index (χ3v) is 7.02. The predicted molar refractivity (Wildman–Crippen MR) is 160 cm³/mol. The lowest BCUT2D eigenvalue weighted by molar-refractivity contribution is -0.119. The van der Waals surface area contributed by atoms with Gasteiger partial charge in [-0.05, 0) is 61.3 Å². The fraction of sp³-hybridized carbons (Fsp3) is 0.241. The molecule has 0 unspecified atom stereocenters. The number of aromatic nitrogens is 3. The first-order valence-corrected chi connectivity index (χ1v) is 13.7. The van der Waals surface area contributed by atoms with E-state index < -0.39 is 0 Å². The molecule has 0 saturated heterocycles. The maximum absolute atomic E-state index is 12.6. The van der Waals surface area contributed by atoms with E-state index in [9.17, 15) is 4.79 Å². The molecule has 1 heterocycles. The molecule has 1 aromatic heterocycles. The smallest absolute Gasteiger partial charge is 0.248 e. The van der Waals surface area contributed by atoms with Crippen LogP contribution in [-0.2, 0) is 10.2 Å². The van der Waals surface area contributed by atoms with Crippen LogP contribution in [0.3, 0.4) is 0 Å². The van der Waals surface area contributed by atoms with Crippen LogP contribution in [0.25, 0.3) is 17.1 Å². The Morgan fingerprint density at radius 3 is 2.08 bits per heavy atom. The molecule has 196 valence electrons. The van der Waals surface area contributed by atoms with E-state index in [1.807, 2.05) is 54.8 Å². The average molecular weight is 545 g/mol. The molecule has 0 saturated carbocycles. The lowest BCUT2D eigenvalue weighted by Crippen LogP contribution is -2.44. The SMILES string of the molecule is Cc1ccc(NC(=S)NNC(=O)CSc2nnc(-c3ccc(C(C)(C)C)cc3)n2-c2ccc(C)cc2)cc1. The first-order chi connectivity index (χ1) is 18.1. The van der Waals surface area contributed by atoms with Gasteiger partial charge in [-0.3, -0.25) is 20.2 Å². The van der Waals surface area contributed by atoms with E-state index in [1.165, 1.54) is 17.3 Å². The van der Waals surface area contributed by atoms with E-state index in [-0.39, 0.29) is 17.1 Å². The lowest BCUT2D eigenvalue weighted by atomic mass is 9.87. The van der Waals surface area contributed by atoms with Gasteiger partial charge in [0.05, 0.1) is 5.75 Å². The molecule has 0 aliphatic rings. The molecule has 0 radical (unpaired) electrons. The molecule has 0 spiro atoms. The molecule has 38 heavy (non-hydrogen) atoms. The highest BCUT2D eigenvalue weighted by Gasteiger charge is 2.19. The fourth-order valence-electron chi connectivity index (χ4n) is 3.69. The van der Waals surface area contributed by atoms with Gasteiger partial charge in [-0.1, -0.05) is 92.2 Å². The minimum absolute atomic E-state index is 0.0591. The van der Waals surface area contributed by atoms with Crippen LogP contribution in [0.1, 0.15) is 37.5 Å². The Labute approximate surface area is 233 Å². The molecule has 3 N–H and O–H groups in total. The van der Waals surface area contributed by atoms with Gasteiger partial charge in [-0.2, -0.15) is 0 Å². The summed E-state index contributed by atoms with van der Waals surface area (Å²) in [6.07, 6.45) is 0. The molecule has 7 nitrogen and oxygen atoms in total. The summed E-state index contributed by atoms with van der Waals surface area (Å²) in [5.74, 6) is 0.615. The number of rotatable bonds is 6. The number of anilines is 1. The van der Waals surface area contributed by atoms with Crippen molar-refractivity contribution in [3.05, 3.63) is 89.5 Å². The van der Waals surface area contributed by atoms with Crippen molar-refractivity contribution in [2.24, 2.45) is 0 Å². The summed E-state index contributed by atoms with van der Waals surface area (Å²) in [6, 6.07) is 24.4. The Hall–Kier alpha value is -3.69. The van der Waals surface area contributed by atoms with Crippen molar-refractivity contribution >= 4 is 40.7 Å². The van der Waals surface area contributed by atoms with Crippen LogP contribution in [0.15, 0.2) is 78.0 Å². The van der Waals surface area contributed by atoms with Crippen LogP contribution >= 0.6 is 24.0 Å². The molecule has 1 amide bonds. The Morgan fingerprint density at radius 2 is 1.47 bits per heavy atom. The van der Waals surface area contributed by atoms with E-state index >= 15 is 0 Å². The number of hydrogen-bond acceptors (Lipinski definition) is 5. The minimum atomic E-state index is -0.238.